The van der Waals surface area contributed by atoms with Crippen molar-refractivity contribution in [3.63, 3.8) is 0 Å². The maximum absolute atomic E-state index is 12.9. The van der Waals surface area contributed by atoms with Crippen LogP contribution in [0.5, 0.6) is 0 Å². The molecule has 30 heavy (non-hydrogen) atoms. The minimum Gasteiger partial charge on any atom is -0.253 e. The molecule has 0 atom stereocenters. The van der Waals surface area contributed by atoms with E-state index >= 15 is 0 Å². The number of piperidine rings is 1. The van der Waals surface area contributed by atoms with Crippen LogP contribution in [0.1, 0.15) is 24.8 Å². The molecule has 1 aliphatic rings. The molecule has 4 rings (SSSR count). The van der Waals surface area contributed by atoms with Gasteiger partial charge < -0.3 is 0 Å². The molecular weight excluding hydrogens is 440 g/mol. The Morgan fingerprint density at radius 3 is 2.70 bits per heavy atom. The summed E-state index contributed by atoms with van der Waals surface area (Å²) in [7, 11) is -3.48. The second kappa shape index (κ2) is 9.26. The van der Waals surface area contributed by atoms with Crippen LogP contribution in [0.3, 0.4) is 0 Å². The number of hydrogen-bond acceptors (Lipinski definition) is 6. The first kappa shape index (κ1) is 21.0. The van der Waals surface area contributed by atoms with Gasteiger partial charge in [-0.1, -0.05) is 48.4 Å². The molecular formula is C21H21ClN4O2S2. The number of hydrogen-bond donors (Lipinski definition) is 1. The molecule has 0 aliphatic carbocycles. The number of rotatable bonds is 6. The first-order valence-electron chi connectivity index (χ1n) is 9.64. The predicted molar refractivity (Wildman–Crippen MR) is 123 cm³/mol. The highest BCUT2D eigenvalue weighted by atomic mass is 35.5. The zero-order chi connectivity index (χ0) is 21.0. The summed E-state index contributed by atoms with van der Waals surface area (Å²) >= 11 is 7.51. The van der Waals surface area contributed by atoms with Gasteiger partial charge >= 0.3 is 0 Å². The predicted octanol–water partition coefficient (Wildman–Crippen LogP) is 5.08. The Balaban J connectivity index is 1.50. The van der Waals surface area contributed by atoms with E-state index in [0.29, 0.717) is 33.8 Å². The normalized spacial score (nSPS) is 15.5. The first-order chi connectivity index (χ1) is 14.5. The summed E-state index contributed by atoms with van der Waals surface area (Å²) in [6.45, 7) is 1.17. The van der Waals surface area contributed by atoms with Gasteiger partial charge in [0.2, 0.25) is 15.2 Å². The second-order valence-corrected chi connectivity index (χ2v) is 10.1. The zero-order valence-electron chi connectivity index (χ0n) is 16.2. The largest absolute Gasteiger partial charge is 0.253 e. The Morgan fingerprint density at radius 1 is 1.10 bits per heavy atom. The van der Waals surface area contributed by atoms with Crippen molar-refractivity contribution in [3.05, 3.63) is 64.5 Å². The third-order valence-electron chi connectivity index (χ3n) is 4.86. The molecule has 0 amide bonds. The Labute approximate surface area is 185 Å². The van der Waals surface area contributed by atoms with Crippen LogP contribution in [0, 0.1) is 0 Å². The van der Waals surface area contributed by atoms with Crippen molar-refractivity contribution in [2.24, 2.45) is 5.10 Å². The third-order valence-corrected chi connectivity index (χ3v) is 7.84. The second-order valence-electron chi connectivity index (χ2n) is 6.92. The summed E-state index contributed by atoms with van der Waals surface area (Å²) in [6.07, 6.45) is 4.54. The van der Waals surface area contributed by atoms with Crippen molar-refractivity contribution < 1.29 is 8.42 Å². The molecule has 1 N–H and O–H groups in total. The van der Waals surface area contributed by atoms with E-state index in [1.807, 2.05) is 29.6 Å². The lowest BCUT2D eigenvalue weighted by Gasteiger charge is -2.26. The molecule has 0 unspecified atom stereocenters. The van der Waals surface area contributed by atoms with Crippen molar-refractivity contribution in [2.45, 2.75) is 24.2 Å². The van der Waals surface area contributed by atoms with Crippen LogP contribution in [-0.4, -0.2) is 37.0 Å². The van der Waals surface area contributed by atoms with E-state index in [-0.39, 0.29) is 0 Å². The lowest BCUT2D eigenvalue weighted by atomic mass is 10.2. The van der Waals surface area contributed by atoms with Crippen LogP contribution in [0.2, 0.25) is 5.02 Å². The van der Waals surface area contributed by atoms with Crippen LogP contribution in [0.15, 0.2) is 63.9 Å². The molecule has 1 aromatic heterocycles. The number of halogens is 1. The maximum Gasteiger partial charge on any atom is 0.243 e. The van der Waals surface area contributed by atoms with Gasteiger partial charge in [-0.15, -0.1) is 11.3 Å². The molecule has 2 heterocycles. The quantitative estimate of drug-likeness (QED) is 0.411. The first-order valence-corrected chi connectivity index (χ1v) is 12.3. The average molecular weight is 461 g/mol. The van der Waals surface area contributed by atoms with E-state index in [2.05, 4.69) is 15.5 Å². The SMILES string of the molecule is O=S(=O)(c1cccc(-c2csc(NN=Cc3ccccc3Cl)n2)c1)N1CCCCC1. The van der Waals surface area contributed by atoms with Crippen LogP contribution < -0.4 is 5.43 Å². The fourth-order valence-corrected chi connectivity index (χ4v) is 5.68. The van der Waals surface area contributed by atoms with Gasteiger partial charge in [-0.3, -0.25) is 5.43 Å². The van der Waals surface area contributed by atoms with Crippen molar-refractivity contribution in [2.75, 3.05) is 18.5 Å². The third kappa shape index (κ3) is 4.73. The minimum atomic E-state index is -3.48. The van der Waals surface area contributed by atoms with Crippen molar-refractivity contribution >= 4 is 44.3 Å². The lowest BCUT2D eigenvalue weighted by molar-refractivity contribution is 0.346. The van der Waals surface area contributed by atoms with E-state index in [9.17, 15) is 8.42 Å². The van der Waals surface area contributed by atoms with Gasteiger partial charge in [0.05, 0.1) is 16.8 Å². The van der Waals surface area contributed by atoms with Gasteiger partial charge in [0.1, 0.15) is 0 Å². The van der Waals surface area contributed by atoms with Gasteiger partial charge in [-0.05, 0) is 31.0 Å². The number of benzene rings is 2. The fourth-order valence-electron chi connectivity index (χ4n) is 3.26. The van der Waals surface area contributed by atoms with Crippen LogP contribution in [-0.2, 0) is 10.0 Å². The van der Waals surface area contributed by atoms with Crippen molar-refractivity contribution in [1.29, 1.82) is 0 Å². The number of nitrogens with zero attached hydrogens (tertiary/aromatic N) is 3. The molecule has 1 saturated heterocycles. The Bertz CT molecular complexity index is 1160. The number of anilines is 1. The average Bonchev–Trinajstić information content (AvgIpc) is 3.25. The number of thiazole rings is 1. The van der Waals surface area contributed by atoms with Gasteiger partial charge in [0.25, 0.3) is 0 Å². The maximum atomic E-state index is 12.9. The van der Waals surface area contributed by atoms with E-state index in [4.69, 9.17) is 11.6 Å². The molecule has 3 aromatic rings. The molecule has 9 heteroatoms. The van der Waals surface area contributed by atoms with E-state index in [1.165, 1.54) is 11.3 Å². The van der Waals surface area contributed by atoms with E-state index < -0.39 is 10.0 Å². The number of nitrogens with one attached hydrogen (secondary N) is 1. The van der Waals surface area contributed by atoms with Gasteiger partial charge in [-0.25, -0.2) is 13.4 Å². The summed E-state index contributed by atoms with van der Waals surface area (Å²) in [5.41, 5.74) is 5.16. The highest BCUT2D eigenvalue weighted by Gasteiger charge is 2.26. The molecule has 1 fully saturated rings. The highest BCUT2D eigenvalue weighted by molar-refractivity contribution is 7.89. The minimum absolute atomic E-state index is 0.307. The Kier molecular flexibility index (Phi) is 6.48. The summed E-state index contributed by atoms with van der Waals surface area (Å²) in [4.78, 5) is 4.83. The smallest absolute Gasteiger partial charge is 0.243 e. The van der Waals surface area contributed by atoms with Crippen LogP contribution >= 0.6 is 22.9 Å². The molecule has 1 aliphatic heterocycles. The van der Waals surface area contributed by atoms with Gasteiger partial charge in [-0.2, -0.15) is 9.41 Å². The monoisotopic (exact) mass is 460 g/mol. The van der Waals surface area contributed by atoms with E-state index in [0.717, 1.165) is 30.4 Å². The van der Waals surface area contributed by atoms with Crippen molar-refractivity contribution in [1.82, 2.24) is 9.29 Å². The zero-order valence-corrected chi connectivity index (χ0v) is 18.6. The number of aromatic nitrogens is 1. The molecule has 0 bridgehead atoms. The molecule has 156 valence electrons. The molecule has 0 saturated carbocycles. The summed E-state index contributed by atoms with van der Waals surface area (Å²) in [5.74, 6) is 0. The Hall–Kier alpha value is -2.26. The van der Waals surface area contributed by atoms with Crippen molar-refractivity contribution in [3.8, 4) is 11.3 Å². The molecule has 0 radical (unpaired) electrons. The summed E-state index contributed by atoms with van der Waals surface area (Å²) < 4.78 is 27.5. The Morgan fingerprint density at radius 2 is 1.90 bits per heavy atom. The standard InChI is InChI=1S/C21H21ClN4O2S2/c22-19-10-3-2-7-17(19)14-23-25-21-24-20(15-29-21)16-8-6-9-18(13-16)30(27,28)26-11-4-1-5-12-26/h2-3,6-10,13-15H,1,4-5,11-12H2,(H,24,25). The van der Waals surface area contributed by atoms with Crippen LogP contribution in [0.4, 0.5) is 5.13 Å². The summed E-state index contributed by atoms with van der Waals surface area (Å²) in [5, 5.41) is 7.29. The molecule has 6 nitrogen and oxygen atoms in total. The number of sulfonamides is 1. The number of hydrazone groups is 1. The fraction of sp³-hybridized carbons (Fsp3) is 0.238. The van der Waals surface area contributed by atoms with Crippen LogP contribution in [0.25, 0.3) is 11.3 Å². The van der Waals surface area contributed by atoms with E-state index in [1.54, 1.807) is 34.8 Å². The van der Waals surface area contributed by atoms with Gasteiger partial charge in [0.15, 0.2) is 0 Å². The molecule has 0 spiro atoms. The topological polar surface area (TPSA) is 74.7 Å². The summed E-state index contributed by atoms with van der Waals surface area (Å²) in [6, 6.07) is 14.4. The highest BCUT2D eigenvalue weighted by Crippen LogP contribution is 2.28. The van der Waals surface area contributed by atoms with Gasteiger partial charge in [0, 0.05) is 34.6 Å². The lowest BCUT2D eigenvalue weighted by Crippen LogP contribution is -2.35. The molecule has 2 aromatic carbocycles.